The molecule has 0 aliphatic carbocycles. The molecule has 0 fully saturated rings. The Kier molecular flexibility index (Phi) is 9.72. The molecular weight excluding hydrogens is 425 g/mol. The number of para-hydroxylation sites is 2. The van der Waals surface area contributed by atoms with Crippen LogP contribution >= 0.6 is 25.3 Å². The van der Waals surface area contributed by atoms with Crippen LogP contribution in [0.25, 0.3) is 0 Å². The summed E-state index contributed by atoms with van der Waals surface area (Å²) >= 11 is 0. The van der Waals surface area contributed by atoms with Crippen LogP contribution in [0.2, 0.25) is 0 Å². The van der Waals surface area contributed by atoms with Crippen LogP contribution < -0.4 is 8.88 Å². The molecule has 0 aliphatic heterocycles. The monoisotopic (exact) mass is 456 g/mol. The minimum atomic E-state index is -1.34. The van der Waals surface area contributed by atoms with E-state index in [0.29, 0.717) is 0 Å². The molecule has 160 valence electrons. The maximum atomic E-state index is 5.81. The Morgan fingerprint density at radius 2 is 0.897 bits per heavy atom. The van der Waals surface area contributed by atoms with Gasteiger partial charge in [0.05, 0.1) is 0 Å². The van der Waals surface area contributed by atoms with Crippen LogP contribution in [-0.2, 0) is 18.1 Å². The van der Waals surface area contributed by atoms with E-state index in [-0.39, 0.29) is 5.16 Å². The highest BCUT2D eigenvalue weighted by atomic mass is 31.2. The first-order valence-electron chi connectivity index (χ1n) is 9.16. The second kappa shape index (κ2) is 11.5. The van der Waals surface area contributed by atoms with E-state index in [0.717, 1.165) is 11.4 Å². The first-order chi connectivity index (χ1) is 13.9. The Morgan fingerprint density at radius 3 is 1.14 bits per heavy atom. The van der Waals surface area contributed by atoms with Crippen molar-refractivity contribution in [2.45, 2.75) is 25.9 Å². The summed E-state index contributed by atoms with van der Waals surface area (Å²) in [5.74, 6) is 0. The van der Waals surface area contributed by atoms with E-state index in [4.69, 9.17) is 18.1 Å². The second-order valence-corrected chi connectivity index (χ2v) is 13.5. The molecule has 0 atom stereocenters. The maximum Gasteiger partial charge on any atom is 0.294 e. The molecule has 9 heteroatoms. The molecule has 2 aromatic rings. The molecule has 2 aromatic carbocycles. The van der Waals surface area contributed by atoms with Gasteiger partial charge in [0.1, 0.15) is 8.22 Å². The van der Waals surface area contributed by atoms with Crippen molar-refractivity contribution in [1.82, 2.24) is 0 Å². The highest BCUT2D eigenvalue weighted by Gasteiger charge is 2.44. The molecule has 0 spiro atoms. The lowest BCUT2D eigenvalue weighted by atomic mass is 10.3. The van der Waals surface area contributed by atoms with Crippen molar-refractivity contribution in [3.05, 3.63) is 60.7 Å². The van der Waals surface area contributed by atoms with Crippen molar-refractivity contribution in [2.75, 3.05) is 37.3 Å². The number of benzene rings is 2. The average Bonchev–Trinajstić information content (AvgIpc) is 2.73. The fourth-order valence-electron chi connectivity index (χ4n) is 2.78. The van der Waals surface area contributed by atoms with Gasteiger partial charge in [0, 0.05) is 45.0 Å². The van der Waals surface area contributed by atoms with E-state index >= 15 is 0 Å². The maximum absolute atomic E-state index is 5.81. The second-order valence-electron chi connectivity index (χ2n) is 6.92. The van der Waals surface area contributed by atoms with Crippen molar-refractivity contribution in [1.29, 1.82) is 0 Å². The van der Waals surface area contributed by atoms with Crippen LogP contribution in [0.5, 0.6) is 0 Å². The van der Waals surface area contributed by atoms with Gasteiger partial charge in [-0.05, 0) is 24.3 Å². The highest BCUT2D eigenvalue weighted by Crippen LogP contribution is 2.72. The lowest BCUT2D eigenvalue weighted by molar-refractivity contribution is 0.340. The van der Waals surface area contributed by atoms with Crippen LogP contribution in [-0.4, -0.2) is 33.6 Å². The quantitative estimate of drug-likeness (QED) is 0.354. The Balaban J connectivity index is 2.72. The van der Waals surface area contributed by atoms with Crippen LogP contribution in [0.4, 0.5) is 11.4 Å². The van der Waals surface area contributed by atoms with Crippen molar-refractivity contribution < 1.29 is 18.1 Å². The van der Waals surface area contributed by atoms with Crippen LogP contribution in [0.1, 0.15) is 20.8 Å². The first-order valence-corrected chi connectivity index (χ1v) is 12.7. The third kappa shape index (κ3) is 6.09. The summed E-state index contributed by atoms with van der Waals surface area (Å²) < 4.78 is 27.7. The van der Waals surface area contributed by atoms with Gasteiger partial charge in [-0.25, -0.2) is 0 Å². The van der Waals surface area contributed by atoms with E-state index in [9.17, 15) is 0 Å². The van der Waals surface area contributed by atoms with Gasteiger partial charge in [-0.2, -0.15) is 0 Å². The van der Waals surface area contributed by atoms with Crippen molar-refractivity contribution in [3.63, 3.8) is 0 Å². The molecule has 0 heterocycles. The van der Waals surface area contributed by atoms with E-state index in [2.05, 4.69) is 53.9 Å². The minimum absolute atomic E-state index is 0.143. The molecule has 0 aromatic heterocycles. The molecular formula is C20H31N2O4P3. The van der Waals surface area contributed by atoms with E-state index in [1.165, 1.54) is 0 Å². The van der Waals surface area contributed by atoms with Gasteiger partial charge in [0.15, 0.2) is 0 Å². The third-order valence-electron chi connectivity index (χ3n) is 3.87. The fraction of sp³-hybridized carbons (Fsp3) is 0.400. The standard InChI is InChI=1S/C20H31N2O4P3/c1-20(2,3)27(21(28(23-4)24-5)18-14-10-8-11-15-18)22(29(25-6)26-7)19-16-12-9-13-17-19/h8-17H,1-7H3. The van der Waals surface area contributed by atoms with Gasteiger partial charge >= 0.3 is 0 Å². The molecule has 29 heavy (non-hydrogen) atoms. The lowest BCUT2D eigenvalue weighted by Crippen LogP contribution is -2.33. The molecule has 0 amide bonds. The smallest absolute Gasteiger partial charge is 0.294 e. The molecule has 6 nitrogen and oxygen atoms in total. The van der Waals surface area contributed by atoms with Crippen molar-refractivity contribution in [2.24, 2.45) is 0 Å². The summed E-state index contributed by atoms with van der Waals surface area (Å²) in [6.07, 6.45) is 0. The molecule has 0 radical (unpaired) electrons. The molecule has 0 aliphatic rings. The summed E-state index contributed by atoms with van der Waals surface area (Å²) in [4.78, 5) is 0. The third-order valence-corrected chi connectivity index (χ3v) is 10.5. The number of rotatable bonds is 10. The number of anilines is 2. The van der Waals surface area contributed by atoms with Crippen LogP contribution in [0.15, 0.2) is 60.7 Å². The largest absolute Gasteiger partial charge is 0.321 e. The molecule has 0 N–H and O–H groups in total. The zero-order valence-corrected chi connectivity index (χ0v) is 20.8. The SMILES string of the molecule is COP(OC)N(c1ccccc1)P(N(c1ccccc1)P(OC)OC)C(C)(C)C. The molecule has 0 saturated carbocycles. The number of nitrogens with zero attached hydrogens (tertiary/aromatic N) is 2. The Morgan fingerprint density at radius 1 is 0.586 bits per heavy atom. The van der Waals surface area contributed by atoms with E-state index in [1.807, 2.05) is 36.4 Å². The summed E-state index contributed by atoms with van der Waals surface area (Å²) in [5.41, 5.74) is 2.07. The minimum Gasteiger partial charge on any atom is -0.321 e. The highest BCUT2D eigenvalue weighted by molar-refractivity contribution is 7.82. The lowest BCUT2D eigenvalue weighted by Gasteiger charge is -2.49. The molecule has 2 rings (SSSR count). The van der Waals surface area contributed by atoms with Crippen molar-refractivity contribution >= 4 is 36.7 Å². The van der Waals surface area contributed by atoms with Gasteiger partial charge in [-0.1, -0.05) is 57.2 Å². The van der Waals surface area contributed by atoms with Gasteiger partial charge in [-0.3, -0.25) is 8.88 Å². The zero-order chi connectivity index (χ0) is 21.4. The van der Waals surface area contributed by atoms with E-state index < -0.39 is 25.3 Å². The van der Waals surface area contributed by atoms with Crippen LogP contribution in [0, 0.1) is 0 Å². The summed E-state index contributed by atoms with van der Waals surface area (Å²) in [6, 6.07) is 20.5. The normalized spacial score (nSPS) is 12.1. The summed E-state index contributed by atoms with van der Waals surface area (Å²) in [5, 5.41) is -0.143. The van der Waals surface area contributed by atoms with E-state index in [1.54, 1.807) is 28.4 Å². The van der Waals surface area contributed by atoms with Gasteiger partial charge in [0.2, 0.25) is 0 Å². The molecule has 0 bridgehead atoms. The molecule has 0 saturated heterocycles. The zero-order valence-electron chi connectivity index (χ0n) is 18.1. The topological polar surface area (TPSA) is 43.4 Å². The summed E-state index contributed by atoms with van der Waals surface area (Å²) in [6.45, 7) is 6.67. The summed E-state index contributed by atoms with van der Waals surface area (Å²) in [7, 11) is 3.00. The predicted octanol–water partition coefficient (Wildman–Crippen LogP) is 7.15. The predicted molar refractivity (Wildman–Crippen MR) is 126 cm³/mol. The Labute approximate surface area is 178 Å². The number of hydrogen-bond acceptors (Lipinski definition) is 6. The van der Waals surface area contributed by atoms with Crippen LogP contribution in [0.3, 0.4) is 0 Å². The molecule has 0 unspecified atom stereocenters. The Hall–Kier alpha value is -0.830. The first kappa shape index (κ1) is 24.4. The average molecular weight is 456 g/mol. The number of hydrogen-bond donors (Lipinski definition) is 0. The Bertz CT molecular complexity index is 655. The van der Waals surface area contributed by atoms with Gasteiger partial charge < -0.3 is 18.1 Å². The fourth-order valence-corrected chi connectivity index (χ4v) is 10.6. The van der Waals surface area contributed by atoms with Gasteiger partial charge in [0.25, 0.3) is 17.1 Å². The van der Waals surface area contributed by atoms with Crippen molar-refractivity contribution in [3.8, 4) is 0 Å². The van der Waals surface area contributed by atoms with Gasteiger partial charge in [-0.15, -0.1) is 0 Å².